The molecule has 1 aliphatic heterocycles. The minimum Gasteiger partial charge on any atom is -0.493 e. The van der Waals surface area contributed by atoms with Gasteiger partial charge < -0.3 is 19.7 Å². The number of piperidine rings is 1. The number of anilines is 1. The van der Waals surface area contributed by atoms with Crippen LogP contribution in [0.25, 0.3) is 0 Å². The summed E-state index contributed by atoms with van der Waals surface area (Å²) in [6, 6.07) is 15.8. The molecule has 0 aromatic heterocycles. The van der Waals surface area contributed by atoms with Gasteiger partial charge >= 0.3 is 0 Å². The van der Waals surface area contributed by atoms with Crippen molar-refractivity contribution in [2.24, 2.45) is 5.92 Å². The van der Waals surface area contributed by atoms with E-state index in [0.29, 0.717) is 11.5 Å². The number of nitrogens with one attached hydrogen (secondary N) is 1. The Hall–Kier alpha value is -2.69. The van der Waals surface area contributed by atoms with Crippen LogP contribution in [0.1, 0.15) is 45.2 Å². The predicted octanol–water partition coefficient (Wildman–Crippen LogP) is 4.58. The van der Waals surface area contributed by atoms with Gasteiger partial charge in [0.2, 0.25) is 0 Å². The van der Waals surface area contributed by atoms with E-state index in [1.807, 2.05) is 25.1 Å². The predicted molar refractivity (Wildman–Crippen MR) is 117 cm³/mol. The van der Waals surface area contributed by atoms with Crippen LogP contribution < -0.4 is 19.7 Å². The minimum atomic E-state index is -0.622. The second-order valence-electron chi connectivity index (χ2n) is 7.93. The molecule has 3 rings (SSSR count). The van der Waals surface area contributed by atoms with Crippen LogP contribution in [0.3, 0.4) is 0 Å². The second kappa shape index (κ2) is 9.68. The van der Waals surface area contributed by atoms with Gasteiger partial charge in [0.05, 0.1) is 13.2 Å². The molecule has 2 aromatic rings. The van der Waals surface area contributed by atoms with E-state index in [-0.39, 0.29) is 11.9 Å². The van der Waals surface area contributed by atoms with Gasteiger partial charge in [-0.3, -0.25) is 4.79 Å². The Morgan fingerprint density at radius 1 is 1.10 bits per heavy atom. The maximum Gasteiger partial charge on any atom is 0.261 e. The third kappa shape index (κ3) is 5.43. The summed E-state index contributed by atoms with van der Waals surface area (Å²) in [4.78, 5) is 15.0. The van der Waals surface area contributed by atoms with Crippen LogP contribution in [0.4, 0.5) is 5.69 Å². The largest absolute Gasteiger partial charge is 0.493 e. The number of benzene rings is 2. The van der Waals surface area contributed by atoms with Crippen molar-refractivity contribution in [1.82, 2.24) is 5.32 Å². The van der Waals surface area contributed by atoms with E-state index >= 15 is 0 Å². The highest BCUT2D eigenvalue weighted by Crippen LogP contribution is 2.27. The van der Waals surface area contributed by atoms with Crippen molar-refractivity contribution in [1.29, 1.82) is 0 Å². The Kier molecular flexibility index (Phi) is 7.02. The van der Waals surface area contributed by atoms with Crippen molar-refractivity contribution in [3.05, 3.63) is 54.1 Å². The SMILES string of the molecule is COc1ccccc1O[C@H](C)C(=O)N[C@H](C)c1ccc(N2CCC[C@H](C)C2)cc1. The van der Waals surface area contributed by atoms with Crippen LogP contribution in [0.2, 0.25) is 0 Å². The minimum absolute atomic E-state index is 0.0967. The van der Waals surface area contributed by atoms with Crippen LogP contribution in [0.15, 0.2) is 48.5 Å². The first kappa shape index (κ1) is 21.0. The molecule has 1 N–H and O–H groups in total. The van der Waals surface area contributed by atoms with Crippen molar-refractivity contribution in [3.63, 3.8) is 0 Å². The Labute approximate surface area is 174 Å². The van der Waals surface area contributed by atoms with Crippen LogP contribution in [0.5, 0.6) is 11.5 Å². The summed E-state index contributed by atoms with van der Waals surface area (Å²) in [6.45, 7) is 8.28. The fraction of sp³-hybridized carbons (Fsp3) is 0.458. The topological polar surface area (TPSA) is 50.8 Å². The van der Waals surface area contributed by atoms with Crippen molar-refractivity contribution < 1.29 is 14.3 Å². The van der Waals surface area contributed by atoms with Gasteiger partial charge in [-0.1, -0.05) is 31.2 Å². The third-order valence-electron chi connectivity index (χ3n) is 5.52. The summed E-state index contributed by atoms with van der Waals surface area (Å²) in [5.74, 6) is 1.76. The molecule has 1 amide bonds. The molecule has 1 fully saturated rings. The quantitative estimate of drug-likeness (QED) is 0.744. The van der Waals surface area contributed by atoms with Gasteiger partial charge in [0, 0.05) is 18.8 Å². The van der Waals surface area contributed by atoms with Crippen LogP contribution in [0, 0.1) is 5.92 Å². The standard InChI is InChI=1S/C24H32N2O3/c1-17-8-7-15-26(16-17)21-13-11-20(12-14-21)18(2)25-24(27)19(3)29-23-10-6-5-9-22(23)28-4/h5-6,9-14,17-19H,7-8,15-16H2,1-4H3,(H,25,27)/t17-,18+,19+/m0/s1. The lowest BCUT2D eigenvalue weighted by Gasteiger charge is -2.33. The van der Waals surface area contributed by atoms with E-state index in [9.17, 15) is 4.79 Å². The van der Waals surface area contributed by atoms with E-state index in [1.165, 1.54) is 18.5 Å². The molecule has 0 aliphatic carbocycles. The van der Waals surface area contributed by atoms with E-state index in [4.69, 9.17) is 9.47 Å². The van der Waals surface area contributed by atoms with Gasteiger partial charge in [0.15, 0.2) is 17.6 Å². The van der Waals surface area contributed by atoms with Gasteiger partial charge in [-0.25, -0.2) is 0 Å². The van der Waals surface area contributed by atoms with Gasteiger partial charge in [-0.05, 0) is 62.4 Å². The normalized spacial score (nSPS) is 18.6. The lowest BCUT2D eigenvalue weighted by molar-refractivity contribution is -0.127. The Bertz CT molecular complexity index is 806. The number of carbonyl (C=O) groups is 1. The first-order chi connectivity index (χ1) is 14.0. The molecular weight excluding hydrogens is 364 g/mol. The van der Waals surface area contributed by atoms with Crippen molar-refractivity contribution in [2.75, 3.05) is 25.1 Å². The monoisotopic (exact) mass is 396 g/mol. The number of carbonyl (C=O) groups excluding carboxylic acids is 1. The molecule has 0 unspecified atom stereocenters. The fourth-order valence-electron chi connectivity index (χ4n) is 3.77. The second-order valence-corrected chi connectivity index (χ2v) is 7.93. The molecule has 1 aliphatic rings. The maximum absolute atomic E-state index is 12.6. The number of rotatable bonds is 7. The molecule has 0 bridgehead atoms. The molecule has 2 aromatic carbocycles. The molecular formula is C24H32N2O3. The highest BCUT2D eigenvalue weighted by atomic mass is 16.5. The van der Waals surface area contributed by atoms with Gasteiger partial charge in [0.25, 0.3) is 5.91 Å². The van der Waals surface area contributed by atoms with Crippen molar-refractivity contribution in [3.8, 4) is 11.5 Å². The zero-order valence-electron chi connectivity index (χ0n) is 17.9. The lowest BCUT2D eigenvalue weighted by atomic mass is 9.99. The zero-order chi connectivity index (χ0) is 20.8. The first-order valence-electron chi connectivity index (χ1n) is 10.4. The molecule has 5 nitrogen and oxygen atoms in total. The summed E-state index contributed by atoms with van der Waals surface area (Å²) in [5.41, 5.74) is 2.34. The van der Waals surface area contributed by atoms with E-state index in [0.717, 1.165) is 24.6 Å². The lowest BCUT2D eigenvalue weighted by Crippen LogP contribution is -2.37. The maximum atomic E-state index is 12.6. The van der Waals surface area contributed by atoms with Crippen LogP contribution in [-0.2, 0) is 4.79 Å². The fourth-order valence-corrected chi connectivity index (χ4v) is 3.77. The van der Waals surface area contributed by atoms with Crippen molar-refractivity contribution >= 4 is 11.6 Å². The summed E-state index contributed by atoms with van der Waals surface area (Å²) in [6.07, 6.45) is 1.94. The summed E-state index contributed by atoms with van der Waals surface area (Å²) in [7, 11) is 1.59. The number of ether oxygens (including phenoxy) is 2. The number of para-hydroxylation sites is 2. The first-order valence-corrected chi connectivity index (χ1v) is 10.4. The number of methoxy groups -OCH3 is 1. The van der Waals surface area contributed by atoms with E-state index in [1.54, 1.807) is 20.1 Å². The number of hydrogen-bond acceptors (Lipinski definition) is 4. The van der Waals surface area contributed by atoms with Gasteiger partial charge in [-0.2, -0.15) is 0 Å². The van der Waals surface area contributed by atoms with E-state index < -0.39 is 6.10 Å². The van der Waals surface area contributed by atoms with E-state index in [2.05, 4.69) is 41.4 Å². The van der Waals surface area contributed by atoms with Crippen molar-refractivity contribution in [2.45, 2.75) is 45.8 Å². The molecule has 1 saturated heterocycles. The smallest absolute Gasteiger partial charge is 0.261 e. The highest BCUT2D eigenvalue weighted by molar-refractivity contribution is 5.81. The number of amides is 1. The molecule has 3 atom stereocenters. The zero-order valence-corrected chi connectivity index (χ0v) is 17.9. The summed E-state index contributed by atoms with van der Waals surface area (Å²) in [5, 5.41) is 3.04. The Morgan fingerprint density at radius 2 is 1.79 bits per heavy atom. The van der Waals surface area contributed by atoms with Crippen LogP contribution in [-0.4, -0.2) is 32.2 Å². The molecule has 5 heteroatoms. The van der Waals surface area contributed by atoms with Crippen LogP contribution >= 0.6 is 0 Å². The molecule has 0 spiro atoms. The average molecular weight is 397 g/mol. The summed E-state index contributed by atoms with van der Waals surface area (Å²) < 4.78 is 11.1. The molecule has 0 radical (unpaired) electrons. The third-order valence-corrected chi connectivity index (χ3v) is 5.52. The van der Waals surface area contributed by atoms with Gasteiger partial charge in [0.1, 0.15) is 0 Å². The number of nitrogens with zero attached hydrogens (tertiary/aromatic N) is 1. The molecule has 0 saturated carbocycles. The molecule has 156 valence electrons. The average Bonchev–Trinajstić information content (AvgIpc) is 2.74. The highest BCUT2D eigenvalue weighted by Gasteiger charge is 2.20. The Morgan fingerprint density at radius 3 is 2.45 bits per heavy atom. The Balaban J connectivity index is 1.57. The molecule has 29 heavy (non-hydrogen) atoms. The number of hydrogen-bond donors (Lipinski definition) is 1. The van der Waals surface area contributed by atoms with Gasteiger partial charge in [-0.15, -0.1) is 0 Å². The molecule has 1 heterocycles. The summed E-state index contributed by atoms with van der Waals surface area (Å²) >= 11 is 0.